The van der Waals surface area contributed by atoms with Crippen molar-refractivity contribution in [3.05, 3.63) is 28.2 Å². The second-order valence-electron chi connectivity index (χ2n) is 3.48. The SMILES string of the molecule is Cc1c(Br)cccc1NCCC(C)O. The average molecular weight is 258 g/mol. The largest absolute Gasteiger partial charge is 0.393 e. The lowest BCUT2D eigenvalue weighted by atomic mass is 10.2. The van der Waals surface area contributed by atoms with Crippen molar-refractivity contribution in [3.8, 4) is 0 Å². The molecule has 1 aromatic rings. The molecule has 3 heteroatoms. The third-order valence-electron chi connectivity index (χ3n) is 2.15. The summed E-state index contributed by atoms with van der Waals surface area (Å²) in [7, 11) is 0. The second-order valence-corrected chi connectivity index (χ2v) is 4.33. The summed E-state index contributed by atoms with van der Waals surface area (Å²) >= 11 is 3.48. The fraction of sp³-hybridized carbons (Fsp3) is 0.455. The van der Waals surface area contributed by atoms with Gasteiger partial charge in [-0.1, -0.05) is 22.0 Å². The van der Waals surface area contributed by atoms with Gasteiger partial charge in [0.25, 0.3) is 0 Å². The van der Waals surface area contributed by atoms with Crippen molar-refractivity contribution in [2.45, 2.75) is 26.4 Å². The molecular formula is C11H16BrNO. The lowest BCUT2D eigenvalue weighted by molar-refractivity contribution is 0.189. The molecule has 2 nitrogen and oxygen atoms in total. The van der Waals surface area contributed by atoms with Crippen LogP contribution in [0.1, 0.15) is 18.9 Å². The van der Waals surface area contributed by atoms with Gasteiger partial charge in [-0.15, -0.1) is 0 Å². The summed E-state index contributed by atoms with van der Waals surface area (Å²) in [6, 6.07) is 6.07. The molecule has 0 aliphatic heterocycles. The number of aliphatic hydroxyl groups is 1. The summed E-state index contributed by atoms with van der Waals surface area (Å²) in [5.74, 6) is 0. The predicted molar refractivity (Wildman–Crippen MR) is 63.7 cm³/mol. The Balaban J connectivity index is 2.54. The van der Waals surface area contributed by atoms with Crippen LogP contribution in [-0.4, -0.2) is 17.8 Å². The third kappa shape index (κ3) is 3.31. The molecule has 0 aliphatic carbocycles. The fourth-order valence-corrected chi connectivity index (χ4v) is 1.58. The third-order valence-corrected chi connectivity index (χ3v) is 3.00. The molecule has 0 heterocycles. The Morgan fingerprint density at radius 3 is 2.86 bits per heavy atom. The van der Waals surface area contributed by atoms with Gasteiger partial charge in [0.2, 0.25) is 0 Å². The van der Waals surface area contributed by atoms with Crippen molar-refractivity contribution >= 4 is 21.6 Å². The standard InChI is InChI=1S/C11H16BrNO/c1-8(14)6-7-13-11-5-3-4-10(12)9(11)2/h3-5,8,13-14H,6-7H2,1-2H3. The van der Waals surface area contributed by atoms with Crippen molar-refractivity contribution in [2.24, 2.45) is 0 Å². The summed E-state index contributed by atoms with van der Waals surface area (Å²) in [6.45, 7) is 4.67. The minimum atomic E-state index is -0.241. The van der Waals surface area contributed by atoms with Crippen LogP contribution in [0.25, 0.3) is 0 Å². The Bertz CT molecular complexity index is 299. The second kappa shape index (κ2) is 5.37. The molecule has 0 saturated heterocycles. The van der Waals surface area contributed by atoms with E-state index in [1.54, 1.807) is 6.92 Å². The van der Waals surface area contributed by atoms with E-state index in [2.05, 4.69) is 28.2 Å². The first kappa shape index (κ1) is 11.5. The number of nitrogens with one attached hydrogen (secondary N) is 1. The van der Waals surface area contributed by atoms with Crippen LogP contribution in [0.3, 0.4) is 0 Å². The van der Waals surface area contributed by atoms with Crippen LogP contribution >= 0.6 is 15.9 Å². The highest BCUT2D eigenvalue weighted by molar-refractivity contribution is 9.10. The van der Waals surface area contributed by atoms with E-state index in [9.17, 15) is 0 Å². The lowest BCUT2D eigenvalue weighted by Gasteiger charge is -2.11. The van der Waals surface area contributed by atoms with E-state index in [0.29, 0.717) is 0 Å². The van der Waals surface area contributed by atoms with Crippen molar-refractivity contribution in [3.63, 3.8) is 0 Å². The normalized spacial score (nSPS) is 12.6. The summed E-state index contributed by atoms with van der Waals surface area (Å²) in [5, 5.41) is 12.4. The van der Waals surface area contributed by atoms with Gasteiger partial charge in [-0.05, 0) is 38.0 Å². The summed E-state index contributed by atoms with van der Waals surface area (Å²) in [5.41, 5.74) is 2.33. The fourth-order valence-electron chi connectivity index (χ4n) is 1.21. The van der Waals surface area contributed by atoms with E-state index >= 15 is 0 Å². The zero-order valence-corrected chi connectivity index (χ0v) is 10.1. The molecule has 2 N–H and O–H groups in total. The topological polar surface area (TPSA) is 32.3 Å². The Labute approximate surface area is 93.5 Å². The van der Waals surface area contributed by atoms with Crippen LogP contribution < -0.4 is 5.32 Å². The minimum Gasteiger partial charge on any atom is -0.393 e. The summed E-state index contributed by atoms with van der Waals surface area (Å²) in [4.78, 5) is 0. The highest BCUT2D eigenvalue weighted by Gasteiger charge is 2.01. The van der Waals surface area contributed by atoms with Gasteiger partial charge < -0.3 is 10.4 Å². The van der Waals surface area contributed by atoms with Crippen LogP contribution in [0.15, 0.2) is 22.7 Å². The van der Waals surface area contributed by atoms with Crippen molar-refractivity contribution in [1.29, 1.82) is 0 Å². The molecular weight excluding hydrogens is 242 g/mol. The van der Waals surface area contributed by atoms with E-state index < -0.39 is 0 Å². The molecule has 0 saturated carbocycles. The lowest BCUT2D eigenvalue weighted by Crippen LogP contribution is -2.10. The van der Waals surface area contributed by atoms with Crippen molar-refractivity contribution in [1.82, 2.24) is 0 Å². The van der Waals surface area contributed by atoms with Gasteiger partial charge in [0.15, 0.2) is 0 Å². The molecule has 1 aromatic carbocycles. The van der Waals surface area contributed by atoms with Crippen LogP contribution in [0.4, 0.5) is 5.69 Å². The van der Waals surface area contributed by atoms with Crippen LogP contribution in [0.5, 0.6) is 0 Å². The number of hydrogen-bond donors (Lipinski definition) is 2. The molecule has 0 fully saturated rings. The molecule has 0 aromatic heterocycles. The molecule has 1 unspecified atom stereocenters. The maximum atomic E-state index is 9.11. The van der Waals surface area contributed by atoms with E-state index in [1.807, 2.05) is 18.2 Å². The summed E-state index contributed by atoms with van der Waals surface area (Å²) < 4.78 is 1.11. The molecule has 0 spiro atoms. The number of aliphatic hydroxyl groups excluding tert-OH is 1. The monoisotopic (exact) mass is 257 g/mol. The van der Waals surface area contributed by atoms with Crippen LogP contribution in [0, 0.1) is 6.92 Å². The van der Waals surface area contributed by atoms with E-state index in [-0.39, 0.29) is 6.10 Å². The Morgan fingerprint density at radius 2 is 2.21 bits per heavy atom. The zero-order chi connectivity index (χ0) is 10.6. The van der Waals surface area contributed by atoms with Crippen molar-refractivity contribution < 1.29 is 5.11 Å². The van der Waals surface area contributed by atoms with E-state index in [0.717, 1.165) is 23.1 Å². The number of benzene rings is 1. The van der Waals surface area contributed by atoms with Crippen molar-refractivity contribution in [2.75, 3.05) is 11.9 Å². The maximum absolute atomic E-state index is 9.11. The van der Waals surface area contributed by atoms with Gasteiger partial charge in [0.05, 0.1) is 6.10 Å². The van der Waals surface area contributed by atoms with E-state index in [4.69, 9.17) is 5.11 Å². The molecule has 0 bridgehead atoms. The Kier molecular flexibility index (Phi) is 4.42. The highest BCUT2D eigenvalue weighted by Crippen LogP contribution is 2.23. The molecule has 78 valence electrons. The number of hydrogen-bond acceptors (Lipinski definition) is 2. The Hall–Kier alpha value is -0.540. The average Bonchev–Trinajstić information content (AvgIpc) is 2.12. The molecule has 0 radical (unpaired) electrons. The smallest absolute Gasteiger partial charge is 0.0528 e. The van der Waals surface area contributed by atoms with Gasteiger partial charge in [-0.25, -0.2) is 0 Å². The van der Waals surface area contributed by atoms with Gasteiger partial charge in [-0.2, -0.15) is 0 Å². The number of halogens is 1. The van der Waals surface area contributed by atoms with Crippen LogP contribution in [-0.2, 0) is 0 Å². The predicted octanol–water partition coefficient (Wildman–Crippen LogP) is 2.94. The molecule has 14 heavy (non-hydrogen) atoms. The molecule has 0 aliphatic rings. The van der Waals surface area contributed by atoms with Crippen LogP contribution in [0.2, 0.25) is 0 Å². The molecule has 1 rings (SSSR count). The first-order chi connectivity index (χ1) is 6.61. The first-order valence-electron chi connectivity index (χ1n) is 4.78. The Morgan fingerprint density at radius 1 is 1.50 bits per heavy atom. The summed E-state index contributed by atoms with van der Waals surface area (Å²) in [6.07, 6.45) is 0.529. The van der Waals surface area contributed by atoms with Gasteiger partial charge in [0.1, 0.15) is 0 Å². The number of rotatable bonds is 4. The van der Waals surface area contributed by atoms with E-state index in [1.165, 1.54) is 5.56 Å². The molecule has 0 amide bonds. The number of anilines is 1. The zero-order valence-electron chi connectivity index (χ0n) is 8.55. The molecule has 1 atom stereocenters. The highest BCUT2D eigenvalue weighted by atomic mass is 79.9. The maximum Gasteiger partial charge on any atom is 0.0528 e. The van der Waals surface area contributed by atoms with Gasteiger partial charge >= 0.3 is 0 Å². The quantitative estimate of drug-likeness (QED) is 0.870. The minimum absolute atomic E-state index is 0.241. The van der Waals surface area contributed by atoms with Gasteiger partial charge in [-0.3, -0.25) is 0 Å². The van der Waals surface area contributed by atoms with Gasteiger partial charge in [0, 0.05) is 16.7 Å². The first-order valence-corrected chi connectivity index (χ1v) is 5.57.